The number of benzene rings is 5. The lowest BCUT2D eigenvalue weighted by molar-refractivity contribution is 0.396. The fourth-order valence-corrected chi connectivity index (χ4v) is 5.08. The minimum Gasteiger partial charge on any atom is -0.496 e. The normalized spacial score (nSPS) is 10.9. The second-order valence-electron chi connectivity index (χ2n) is 9.58. The summed E-state index contributed by atoms with van der Waals surface area (Å²) in [5, 5.41) is 0.253. The van der Waals surface area contributed by atoms with Gasteiger partial charge in [0.05, 0.1) is 14.2 Å². The summed E-state index contributed by atoms with van der Waals surface area (Å²) in [4.78, 5) is 14.3. The van der Waals surface area contributed by atoms with Crippen molar-refractivity contribution in [3.63, 3.8) is 0 Å². The molecule has 0 unspecified atom stereocenters. The summed E-state index contributed by atoms with van der Waals surface area (Å²) in [7, 11) is 2.95. The first-order valence-corrected chi connectivity index (χ1v) is 13.7. The molecule has 5 nitrogen and oxygen atoms in total. The quantitative estimate of drug-likeness (QED) is 0.185. The molecule has 0 atom stereocenters. The summed E-state index contributed by atoms with van der Waals surface area (Å²) in [6, 6.07) is 31.3. The van der Waals surface area contributed by atoms with E-state index in [2.05, 4.69) is 0 Å². The summed E-state index contributed by atoms with van der Waals surface area (Å²) in [5.74, 6) is 0.717. The molecule has 1 heterocycles. The predicted octanol–water partition coefficient (Wildman–Crippen LogP) is 9.16. The average Bonchev–Trinajstić information content (AvgIpc) is 3.05. The van der Waals surface area contributed by atoms with Crippen LogP contribution >= 0.6 is 11.6 Å². The molecule has 8 heteroatoms. The van der Waals surface area contributed by atoms with Gasteiger partial charge in [-0.25, -0.2) is 23.7 Å². The summed E-state index contributed by atoms with van der Waals surface area (Å²) >= 11 is 6.02. The molecular formula is C35H24ClF2N3O2. The maximum Gasteiger partial charge on any atom is 0.164 e. The Labute approximate surface area is 252 Å². The maximum atomic E-state index is 16.0. The van der Waals surface area contributed by atoms with Crippen molar-refractivity contribution in [2.75, 3.05) is 14.2 Å². The average molecular weight is 592 g/mol. The van der Waals surface area contributed by atoms with E-state index >= 15 is 8.78 Å². The van der Waals surface area contributed by atoms with Crippen molar-refractivity contribution >= 4 is 11.6 Å². The van der Waals surface area contributed by atoms with Gasteiger partial charge < -0.3 is 9.47 Å². The first-order valence-electron chi connectivity index (χ1n) is 13.3. The lowest BCUT2D eigenvalue weighted by Crippen LogP contribution is -2.03. The fourth-order valence-electron chi connectivity index (χ4n) is 4.93. The third-order valence-electron chi connectivity index (χ3n) is 6.97. The standard InChI is InChI=1S/C35H24ClF2N3O2/c1-42-30-20-31(43-2)27(19-26(30)24-17-16-23(36)18-29(24)38)32-25(14-9-15-28(32)37)35-40-33(21-10-5-3-6-11-21)39-34(41-35)22-12-7-4-8-13-22/h3-20H,1-2H3. The van der Waals surface area contributed by atoms with Crippen LogP contribution in [0.25, 0.3) is 56.4 Å². The van der Waals surface area contributed by atoms with Gasteiger partial charge in [-0.05, 0) is 30.3 Å². The molecule has 43 heavy (non-hydrogen) atoms. The van der Waals surface area contributed by atoms with Crippen molar-refractivity contribution in [3.8, 4) is 67.9 Å². The molecule has 0 saturated carbocycles. The highest BCUT2D eigenvalue weighted by atomic mass is 35.5. The lowest BCUT2D eigenvalue weighted by atomic mass is 9.93. The van der Waals surface area contributed by atoms with E-state index in [0.29, 0.717) is 39.8 Å². The Balaban J connectivity index is 1.62. The van der Waals surface area contributed by atoms with Crippen LogP contribution in [0.1, 0.15) is 0 Å². The van der Waals surface area contributed by atoms with Crippen LogP contribution in [0.5, 0.6) is 11.5 Å². The predicted molar refractivity (Wildman–Crippen MR) is 165 cm³/mol. The van der Waals surface area contributed by atoms with E-state index in [0.717, 1.165) is 11.1 Å². The van der Waals surface area contributed by atoms with Gasteiger partial charge in [-0.3, -0.25) is 0 Å². The van der Waals surface area contributed by atoms with E-state index in [1.54, 1.807) is 36.4 Å². The van der Waals surface area contributed by atoms with Crippen molar-refractivity contribution in [1.82, 2.24) is 15.0 Å². The van der Waals surface area contributed by atoms with Crippen LogP contribution in [0.4, 0.5) is 8.78 Å². The van der Waals surface area contributed by atoms with Gasteiger partial charge in [-0.1, -0.05) is 84.4 Å². The first-order chi connectivity index (χ1) is 21.0. The largest absolute Gasteiger partial charge is 0.496 e. The number of ether oxygens (including phenoxy) is 2. The molecule has 0 aliphatic carbocycles. The number of rotatable bonds is 7. The van der Waals surface area contributed by atoms with E-state index in [-0.39, 0.29) is 22.0 Å². The second kappa shape index (κ2) is 12.0. The SMILES string of the molecule is COc1cc(OC)c(-c2c(F)cccc2-c2nc(-c3ccccc3)nc(-c3ccccc3)n2)cc1-c1ccc(Cl)cc1F. The van der Waals surface area contributed by atoms with E-state index in [4.69, 9.17) is 36.0 Å². The number of aromatic nitrogens is 3. The number of hydrogen-bond acceptors (Lipinski definition) is 5. The third kappa shape index (κ3) is 5.55. The van der Waals surface area contributed by atoms with Crippen LogP contribution in [-0.2, 0) is 0 Å². The van der Waals surface area contributed by atoms with Crippen molar-refractivity contribution in [2.45, 2.75) is 0 Å². The summed E-state index contributed by atoms with van der Waals surface area (Å²) < 4.78 is 42.4. The summed E-state index contributed by atoms with van der Waals surface area (Å²) in [6.45, 7) is 0. The van der Waals surface area contributed by atoms with Crippen molar-refractivity contribution in [3.05, 3.63) is 126 Å². The Hall–Kier alpha value is -5.14. The molecule has 0 bridgehead atoms. The van der Waals surface area contributed by atoms with Crippen LogP contribution < -0.4 is 9.47 Å². The molecular weight excluding hydrogens is 568 g/mol. The molecule has 0 aliphatic heterocycles. The lowest BCUT2D eigenvalue weighted by Gasteiger charge is -2.18. The molecule has 212 valence electrons. The zero-order valence-electron chi connectivity index (χ0n) is 23.2. The van der Waals surface area contributed by atoms with Gasteiger partial charge in [0.25, 0.3) is 0 Å². The molecule has 6 aromatic rings. The second-order valence-corrected chi connectivity index (χ2v) is 10.0. The molecule has 0 N–H and O–H groups in total. The Kier molecular flexibility index (Phi) is 7.81. The van der Waals surface area contributed by atoms with Gasteiger partial charge in [0.2, 0.25) is 0 Å². The monoisotopic (exact) mass is 591 g/mol. The number of methoxy groups -OCH3 is 2. The van der Waals surface area contributed by atoms with Crippen molar-refractivity contribution < 1.29 is 18.3 Å². The topological polar surface area (TPSA) is 57.1 Å². The zero-order valence-corrected chi connectivity index (χ0v) is 23.9. The fraction of sp³-hybridized carbons (Fsp3) is 0.0571. The summed E-state index contributed by atoms with van der Waals surface area (Å²) in [6.07, 6.45) is 0. The van der Waals surface area contributed by atoms with Crippen molar-refractivity contribution in [2.24, 2.45) is 0 Å². The molecule has 0 radical (unpaired) electrons. The smallest absolute Gasteiger partial charge is 0.164 e. The third-order valence-corrected chi connectivity index (χ3v) is 7.20. The molecule has 0 fully saturated rings. The molecule has 0 saturated heterocycles. The number of hydrogen-bond donors (Lipinski definition) is 0. The number of nitrogens with zero attached hydrogens (tertiary/aromatic N) is 3. The Morgan fingerprint density at radius 1 is 0.512 bits per heavy atom. The van der Waals surface area contributed by atoms with Gasteiger partial charge in [0, 0.05) is 50.0 Å². The van der Waals surface area contributed by atoms with Crippen molar-refractivity contribution in [1.29, 1.82) is 0 Å². The Bertz CT molecular complexity index is 1880. The highest BCUT2D eigenvalue weighted by Gasteiger charge is 2.23. The molecule has 1 aromatic heterocycles. The van der Waals surface area contributed by atoms with Crippen LogP contribution in [0.15, 0.2) is 109 Å². The maximum absolute atomic E-state index is 16.0. The Morgan fingerprint density at radius 3 is 1.67 bits per heavy atom. The van der Waals surface area contributed by atoms with E-state index in [1.807, 2.05) is 60.7 Å². The van der Waals surface area contributed by atoms with Gasteiger partial charge in [-0.15, -0.1) is 0 Å². The van der Waals surface area contributed by atoms with Gasteiger partial charge in [0.15, 0.2) is 17.5 Å². The minimum absolute atomic E-state index is 0.182. The zero-order chi connectivity index (χ0) is 29.9. The van der Waals surface area contributed by atoms with E-state index in [1.165, 1.54) is 26.4 Å². The van der Waals surface area contributed by atoms with Crippen LogP contribution in [0.2, 0.25) is 5.02 Å². The van der Waals surface area contributed by atoms with E-state index in [9.17, 15) is 0 Å². The van der Waals surface area contributed by atoms with Crippen LogP contribution in [-0.4, -0.2) is 29.2 Å². The molecule has 0 aliphatic rings. The van der Waals surface area contributed by atoms with Gasteiger partial charge >= 0.3 is 0 Å². The highest BCUT2D eigenvalue weighted by molar-refractivity contribution is 6.30. The molecule has 0 amide bonds. The number of halogens is 3. The van der Waals surface area contributed by atoms with E-state index < -0.39 is 11.6 Å². The molecule has 6 rings (SSSR count). The van der Waals surface area contributed by atoms with Gasteiger partial charge in [-0.2, -0.15) is 0 Å². The van der Waals surface area contributed by atoms with Crippen LogP contribution in [0.3, 0.4) is 0 Å². The molecule has 5 aromatic carbocycles. The molecule has 0 spiro atoms. The minimum atomic E-state index is -0.548. The summed E-state index contributed by atoms with van der Waals surface area (Å²) in [5.41, 5.74) is 3.15. The van der Waals surface area contributed by atoms with Crippen LogP contribution in [0, 0.1) is 11.6 Å². The van der Waals surface area contributed by atoms with Gasteiger partial charge in [0.1, 0.15) is 23.1 Å². The Morgan fingerprint density at radius 2 is 1.09 bits per heavy atom. The highest BCUT2D eigenvalue weighted by Crippen LogP contribution is 2.45. The first kappa shape index (κ1) is 28.0.